The molecular formula is C13H27ClN2O. The van der Waals surface area contributed by atoms with E-state index < -0.39 is 0 Å². The predicted octanol–water partition coefficient (Wildman–Crippen LogP) is 1.77. The summed E-state index contributed by atoms with van der Waals surface area (Å²) in [5.74, 6) is 1.66. The second-order valence-electron chi connectivity index (χ2n) is 5.41. The number of likely N-dealkylation sites (tertiary alicyclic amines) is 1. The van der Waals surface area contributed by atoms with Crippen molar-refractivity contribution in [2.45, 2.75) is 25.7 Å². The number of rotatable bonds is 4. The van der Waals surface area contributed by atoms with E-state index >= 15 is 0 Å². The summed E-state index contributed by atoms with van der Waals surface area (Å²) in [5.41, 5.74) is 0. The van der Waals surface area contributed by atoms with Crippen molar-refractivity contribution in [2.75, 3.05) is 46.4 Å². The van der Waals surface area contributed by atoms with E-state index in [0.717, 1.165) is 25.0 Å². The number of piperidine rings is 1. The van der Waals surface area contributed by atoms with Gasteiger partial charge in [0.05, 0.1) is 6.61 Å². The van der Waals surface area contributed by atoms with Gasteiger partial charge in [0, 0.05) is 19.7 Å². The molecule has 0 amide bonds. The van der Waals surface area contributed by atoms with Crippen LogP contribution in [0.1, 0.15) is 25.7 Å². The van der Waals surface area contributed by atoms with Crippen LogP contribution in [-0.2, 0) is 4.74 Å². The molecule has 0 bridgehead atoms. The summed E-state index contributed by atoms with van der Waals surface area (Å²) in [5, 5.41) is 3.31. The monoisotopic (exact) mass is 262 g/mol. The van der Waals surface area contributed by atoms with Gasteiger partial charge in [0.15, 0.2) is 0 Å². The average molecular weight is 263 g/mol. The number of hydrogen-bond donors (Lipinski definition) is 1. The normalized spacial score (nSPS) is 30.9. The Morgan fingerprint density at radius 2 is 2.06 bits per heavy atom. The van der Waals surface area contributed by atoms with Crippen molar-refractivity contribution in [1.29, 1.82) is 0 Å². The van der Waals surface area contributed by atoms with Gasteiger partial charge < -0.3 is 15.0 Å². The highest BCUT2D eigenvalue weighted by Crippen LogP contribution is 2.20. The van der Waals surface area contributed by atoms with Crippen LogP contribution in [0.2, 0.25) is 0 Å². The molecule has 2 atom stereocenters. The van der Waals surface area contributed by atoms with E-state index in [4.69, 9.17) is 4.74 Å². The predicted molar refractivity (Wildman–Crippen MR) is 73.9 cm³/mol. The first-order valence-electron chi connectivity index (χ1n) is 6.83. The van der Waals surface area contributed by atoms with E-state index in [1.807, 2.05) is 0 Å². The molecule has 2 fully saturated rings. The molecule has 2 aliphatic rings. The van der Waals surface area contributed by atoms with Gasteiger partial charge in [-0.25, -0.2) is 0 Å². The topological polar surface area (TPSA) is 24.5 Å². The Morgan fingerprint density at radius 3 is 2.76 bits per heavy atom. The van der Waals surface area contributed by atoms with Gasteiger partial charge in [-0.05, 0) is 57.7 Å². The molecule has 2 heterocycles. The molecule has 4 heteroatoms. The molecule has 0 aromatic rings. The molecule has 2 rings (SSSR count). The van der Waals surface area contributed by atoms with Crippen molar-refractivity contribution in [2.24, 2.45) is 11.8 Å². The van der Waals surface area contributed by atoms with Gasteiger partial charge in [-0.1, -0.05) is 0 Å². The summed E-state index contributed by atoms with van der Waals surface area (Å²) in [6.45, 7) is 7.01. The summed E-state index contributed by atoms with van der Waals surface area (Å²) in [6, 6.07) is 0. The Labute approximate surface area is 112 Å². The molecule has 0 aliphatic carbocycles. The molecule has 2 aliphatic heterocycles. The molecule has 0 aromatic heterocycles. The lowest BCUT2D eigenvalue weighted by atomic mass is 9.95. The molecule has 1 N–H and O–H groups in total. The first-order valence-corrected chi connectivity index (χ1v) is 6.83. The first-order chi connectivity index (χ1) is 7.88. The third-order valence-electron chi connectivity index (χ3n) is 3.87. The second-order valence-corrected chi connectivity index (χ2v) is 5.41. The van der Waals surface area contributed by atoms with Gasteiger partial charge in [-0.15, -0.1) is 12.4 Å². The molecule has 17 heavy (non-hydrogen) atoms. The zero-order valence-electron chi connectivity index (χ0n) is 11.0. The van der Waals surface area contributed by atoms with Crippen LogP contribution in [0.25, 0.3) is 0 Å². The zero-order chi connectivity index (χ0) is 11.2. The van der Waals surface area contributed by atoms with Gasteiger partial charge in [0.2, 0.25) is 0 Å². The Kier molecular flexibility index (Phi) is 7.44. The summed E-state index contributed by atoms with van der Waals surface area (Å²) in [6.07, 6.45) is 5.41. The largest absolute Gasteiger partial charge is 0.381 e. The molecule has 2 saturated heterocycles. The van der Waals surface area contributed by atoms with E-state index in [1.54, 1.807) is 0 Å². The molecule has 102 valence electrons. The summed E-state index contributed by atoms with van der Waals surface area (Å²) in [7, 11) is 2.06. The molecule has 0 saturated carbocycles. The average Bonchev–Trinajstić information content (AvgIpc) is 2.31. The van der Waals surface area contributed by atoms with Crippen LogP contribution < -0.4 is 5.32 Å². The Balaban J connectivity index is 0.00000144. The molecule has 0 radical (unpaired) electrons. The van der Waals surface area contributed by atoms with Crippen molar-refractivity contribution in [3.05, 3.63) is 0 Å². The van der Waals surface area contributed by atoms with Crippen molar-refractivity contribution in [3.63, 3.8) is 0 Å². The highest BCUT2D eigenvalue weighted by atomic mass is 35.5. The number of nitrogens with one attached hydrogen (secondary N) is 1. The Bertz CT molecular complexity index is 196. The van der Waals surface area contributed by atoms with Crippen LogP contribution in [0.4, 0.5) is 0 Å². The van der Waals surface area contributed by atoms with Gasteiger partial charge in [-0.3, -0.25) is 0 Å². The minimum atomic E-state index is 0. The van der Waals surface area contributed by atoms with E-state index in [0.29, 0.717) is 0 Å². The van der Waals surface area contributed by atoms with E-state index in [-0.39, 0.29) is 12.4 Å². The van der Waals surface area contributed by atoms with Crippen LogP contribution in [0.3, 0.4) is 0 Å². The molecule has 3 nitrogen and oxygen atoms in total. The summed E-state index contributed by atoms with van der Waals surface area (Å²) >= 11 is 0. The zero-order valence-corrected chi connectivity index (χ0v) is 11.8. The highest BCUT2D eigenvalue weighted by Gasteiger charge is 2.23. The lowest BCUT2D eigenvalue weighted by Gasteiger charge is -2.35. The number of nitrogens with zero attached hydrogens (tertiary/aromatic N) is 1. The molecule has 2 unspecified atom stereocenters. The smallest absolute Gasteiger partial charge is 0.0506 e. The molecule has 0 aromatic carbocycles. The maximum atomic E-state index is 5.56. The van der Waals surface area contributed by atoms with Crippen LogP contribution in [-0.4, -0.2) is 51.3 Å². The maximum absolute atomic E-state index is 5.56. The molecule has 0 spiro atoms. The van der Waals surface area contributed by atoms with Crippen LogP contribution >= 0.6 is 12.4 Å². The van der Waals surface area contributed by atoms with Gasteiger partial charge >= 0.3 is 0 Å². The molecular weight excluding hydrogens is 236 g/mol. The SMILES string of the molecule is CNCC1CCCN(CC2CCCOC2)C1.Cl. The second kappa shape index (κ2) is 8.30. The van der Waals surface area contributed by atoms with Crippen molar-refractivity contribution in [3.8, 4) is 0 Å². The number of halogens is 1. The van der Waals surface area contributed by atoms with Crippen molar-refractivity contribution < 1.29 is 4.74 Å². The van der Waals surface area contributed by atoms with Crippen molar-refractivity contribution in [1.82, 2.24) is 10.2 Å². The van der Waals surface area contributed by atoms with Crippen molar-refractivity contribution >= 4 is 12.4 Å². The summed E-state index contributed by atoms with van der Waals surface area (Å²) < 4.78 is 5.56. The maximum Gasteiger partial charge on any atom is 0.0506 e. The highest BCUT2D eigenvalue weighted by molar-refractivity contribution is 5.85. The Hall–Kier alpha value is 0.170. The minimum Gasteiger partial charge on any atom is -0.381 e. The quantitative estimate of drug-likeness (QED) is 0.836. The van der Waals surface area contributed by atoms with Crippen LogP contribution in [0, 0.1) is 11.8 Å². The van der Waals surface area contributed by atoms with Gasteiger partial charge in [0.25, 0.3) is 0 Å². The lowest BCUT2D eigenvalue weighted by molar-refractivity contribution is 0.0312. The lowest BCUT2D eigenvalue weighted by Crippen LogP contribution is -2.42. The number of hydrogen-bond acceptors (Lipinski definition) is 3. The fraction of sp³-hybridized carbons (Fsp3) is 1.00. The van der Waals surface area contributed by atoms with E-state index in [2.05, 4.69) is 17.3 Å². The summed E-state index contributed by atoms with van der Waals surface area (Å²) in [4.78, 5) is 2.66. The first kappa shape index (κ1) is 15.2. The van der Waals surface area contributed by atoms with Gasteiger partial charge in [-0.2, -0.15) is 0 Å². The van der Waals surface area contributed by atoms with Gasteiger partial charge in [0.1, 0.15) is 0 Å². The van der Waals surface area contributed by atoms with Crippen LogP contribution in [0.5, 0.6) is 0 Å². The van der Waals surface area contributed by atoms with E-state index in [1.165, 1.54) is 51.9 Å². The Morgan fingerprint density at radius 1 is 1.24 bits per heavy atom. The van der Waals surface area contributed by atoms with E-state index in [9.17, 15) is 0 Å². The third-order valence-corrected chi connectivity index (χ3v) is 3.87. The fourth-order valence-corrected chi connectivity index (χ4v) is 3.09. The standard InChI is InChI=1S/C13H26N2O.ClH/c1-14-8-12-4-2-6-15(9-12)10-13-5-3-7-16-11-13;/h12-14H,2-11H2,1H3;1H. The third kappa shape index (κ3) is 5.12. The van der Waals surface area contributed by atoms with Crippen LogP contribution in [0.15, 0.2) is 0 Å². The minimum absolute atomic E-state index is 0. The number of ether oxygens (including phenoxy) is 1. The fourth-order valence-electron chi connectivity index (χ4n) is 3.09.